The normalized spacial score (nSPS) is 11.6. The summed E-state index contributed by atoms with van der Waals surface area (Å²) >= 11 is 0. The van der Waals surface area contributed by atoms with Gasteiger partial charge in [-0.05, 0) is 18.2 Å². The molecule has 0 radical (unpaired) electrons. The summed E-state index contributed by atoms with van der Waals surface area (Å²) in [6.07, 6.45) is 0.0819. The van der Waals surface area contributed by atoms with E-state index in [0.717, 1.165) is 0 Å². The SMILES string of the molecule is COc1ccc(C(=O)C[C@H](C)C(=O)NN)cc1OC. The van der Waals surface area contributed by atoms with Crippen molar-refractivity contribution in [2.24, 2.45) is 11.8 Å². The van der Waals surface area contributed by atoms with E-state index in [4.69, 9.17) is 15.3 Å². The highest BCUT2D eigenvalue weighted by Gasteiger charge is 2.18. The number of carbonyl (C=O) groups excluding carboxylic acids is 2. The molecular weight excluding hydrogens is 248 g/mol. The number of carbonyl (C=O) groups is 2. The number of amides is 1. The maximum Gasteiger partial charge on any atom is 0.237 e. The Bertz CT molecular complexity index is 474. The zero-order chi connectivity index (χ0) is 14.4. The predicted octanol–water partition coefficient (Wildman–Crippen LogP) is 0.903. The van der Waals surface area contributed by atoms with Crippen LogP contribution in [0.1, 0.15) is 23.7 Å². The van der Waals surface area contributed by atoms with Gasteiger partial charge in [0.25, 0.3) is 0 Å². The number of nitrogens with two attached hydrogens (primary N) is 1. The predicted molar refractivity (Wildman–Crippen MR) is 70.0 cm³/mol. The van der Waals surface area contributed by atoms with E-state index in [2.05, 4.69) is 0 Å². The second kappa shape index (κ2) is 6.75. The molecule has 0 aromatic heterocycles. The number of ketones is 1. The molecule has 0 aliphatic carbocycles. The third-order valence-electron chi connectivity index (χ3n) is 2.79. The minimum absolute atomic E-state index is 0.0819. The smallest absolute Gasteiger partial charge is 0.237 e. The van der Waals surface area contributed by atoms with Crippen LogP contribution in [-0.2, 0) is 4.79 Å². The van der Waals surface area contributed by atoms with Crippen molar-refractivity contribution in [1.29, 1.82) is 0 Å². The van der Waals surface area contributed by atoms with Gasteiger partial charge in [-0.1, -0.05) is 6.92 Å². The van der Waals surface area contributed by atoms with Crippen molar-refractivity contribution in [3.63, 3.8) is 0 Å². The Kier molecular flexibility index (Phi) is 5.32. The maximum atomic E-state index is 12.0. The maximum absolute atomic E-state index is 12.0. The van der Waals surface area contributed by atoms with E-state index in [0.29, 0.717) is 17.1 Å². The van der Waals surface area contributed by atoms with Gasteiger partial charge in [0.15, 0.2) is 17.3 Å². The fourth-order valence-electron chi connectivity index (χ4n) is 1.64. The van der Waals surface area contributed by atoms with Crippen molar-refractivity contribution in [3.8, 4) is 11.5 Å². The number of Topliss-reactive ketones (excluding diaryl/α,β-unsaturated/α-hetero) is 1. The Balaban J connectivity index is 2.85. The molecule has 0 spiro atoms. The lowest BCUT2D eigenvalue weighted by molar-refractivity contribution is -0.124. The summed E-state index contributed by atoms with van der Waals surface area (Å²) in [6.45, 7) is 1.64. The number of hydrazine groups is 1. The summed E-state index contributed by atoms with van der Waals surface area (Å²) in [6, 6.07) is 4.88. The molecule has 0 fully saturated rings. The van der Waals surface area contributed by atoms with E-state index < -0.39 is 5.92 Å². The molecule has 3 N–H and O–H groups in total. The number of ether oxygens (including phenoxy) is 2. The second-order valence-electron chi connectivity index (χ2n) is 4.11. The molecule has 6 heteroatoms. The number of nitrogens with one attached hydrogen (secondary N) is 1. The lowest BCUT2D eigenvalue weighted by Crippen LogP contribution is -2.35. The largest absolute Gasteiger partial charge is 0.493 e. The lowest BCUT2D eigenvalue weighted by Gasteiger charge is -2.11. The monoisotopic (exact) mass is 266 g/mol. The Morgan fingerprint density at radius 3 is 2.42 bits per heavy atom. The van der Waals surface area contributed by atoms with E-state index in [1.54, 1.807) is 25.1 Å². The molecule has 0 bridgehead atoms. The molecule has 0 saturated heterocycles. The molecule has 1 atom stereocenters. The Hall–Kier alpha value is -2.08. The standard InChI is InChI=1S/C13H18N2O4/c1-8(13(17)15-14)6-10(16)9-4-5-11(18-2)12(7-9)19-3/h4-5,7-8H,6,14H2,1-3H3,(H,15,17)/t8-/m0/s1. The molecule has 0 saturated carbocycles. The van der Waals surface area contributed by atoms with Crippen molar-refractivity contribution >= 4 is 11.7 Å². The molecule has 0 heterocycles. The van der Waals surface area contributed by atoms with Crippen LogP contribution in [0.15, 0.2) is 18.2 Å². The van der Waals surface area contributed by atoms with Crippen LogP contribution >= 0.6 is 0 Å². The van der Waals surface area contributed by atoms with Gasteiger partial charge in [-0.25, -0.2) is 5.84 Å². The summed E-state index contributed by atoms with van der Waals surface area (Å²) in [7, 11) is 3.02. The quantitative estimate of drug-likeness (QED) is 0.345. The Labute approximate surface area is 111 Å². The minimum atomic E-state index is -0.481. The molecule has 1 amide bonds. The average Bonchev–Trinajstić information content (AvgIpc) is 2.45. The van der Waals surface area contributed by atoms with Gasteiger partial charge < -0.3 is 9.47 Å². The van der Waals surface area contributed by atoms with Gasteiger partial charge in [0.05, 0.1) is 14.2 Å². The van der Waals surface area contributed by atoms with E-state index in [1.807, 2.05) is 5.43 Å². The van der Waals surface area contributed by atoms with Crippen LogP contribution in [0.3, 0.4) is 0 Å². The van der Waals surface area contributed by atoms with Crippen LogP contribution in [0.4, 0.5) is 0 Å². The molecule has 1 aromatic carbocycles. The second-order valence-corrected chi connectivity index (χ2v) is 4.11. The fraction of sp³-hybridized carbons (Fsp3) is 0.385. The fourth-order valence-corrected chi connectivity index (χ4v) is 1.64. The third kappa shape index (κ3) is 3.69. The van der Waals surface area contributed by atoms with Crippen LogP contribution < -0.4 is 20.7 Å². The first-order valence-corrected chi connectivity index (χ1v) is 5.79. The Morgan fingerprint density at radius 2 is 1.89 bits per heavy atom. The highest BCUT2D eigenvalue weighted by Crippen LogP contribution is 2.28. The van der Waals surface area contributed by atoms with Crippen molar-refractivity contribution in [2.45, 2.75) is 13.3 Å². The van der Waals surface area contributed by atoms with Gasteiger partial charge in [0.1, 0.15) is 0 Å². The molecule has 0 unspecified atom stereocenters. The Morgan fingerprint density at radius 1 is 1.26 bits per heavy atom. The van der Waals surface area contributed by atoms with Gasteiger partial charge in [0, 0.05) is 17.9 Å². The van der Waals surface area contributed by atoms with Gasteiger partial charge in [-0.3, -0.25) is 15.0 Å². The topological polar surface area (TPSA) is 90.7 Å². The summed E-state index contributed by atoms with van der Waals surface area (Å²) in [5.74, 6) is 5.04. The van der Waals surface area contributed by atoms with E-state index in [9.17, 15) is 9.59 Å². The zero-order valence-electron chi connectivity index (χ0n) is 11.2. The van der Waals surface area contributed by atoms with Crippen LogP contribution in [-0.4, -0.2) is 25.9 Å². The van der Waals surface area contributed by atoms with Crippen LogP contribution in [0.2, 0.25) is 0 Å². The summed E-state index contributed by atoms with van der Waals surface area (Å²) in [5, 5.41) is 0. The third-order valence-corrected chi connectivity index (χ3v) is 2.79. The van der Waals surface area contributed by atoms with Crippen molar-refractivity contribution in [2.75, 3.05) is 14.2 Å². The molecular formula is C13H18N2O4. The van der Waals surface area contributed by atoms with E-state index in [-0.39, 0.29) is 18.1 Å². The number of rotatable bonds is 6. The zero-order valence-corrected chi connectivity index (χ0v) is 11.2. The van der Waals surface area contributed by atoms with Crippen molar-refractivity contribution < 1.29 is 19.1 Å². The average molecular weight is 266 g/mol. The van der Waals surface area contributed by atoms with Gasteiger partial charge in [-0.15, -0.1) is 0 Å². The van der Waals surface area contributed by atoms with Crippen LogP contribution in [0.5, 0.6) is 11.5 Å². The number of hydrogen-bond acceptors (Lipinski definition) is 5. The lowest BCUT2D eigenvalue weighted by atomic mass is 9.99. The summed E-state index contributed by atoms with van der Waals surface area (Å²) < 4.78 is 10.2. The molecule has 19 heavy (non-hydrogen) atoms. The van der Waals surface area contributed by atoms with Crippen LogP contribution in [0.25, 0.3) is 0 Å². The highest BCUT2D eigenvalue weighted by atomic mass is 16.5. The first-order valence-electron chi connectivity index (χ1n) is 5.79. The summed E-state index contributed by atoms with van der Waals surface area (Å²) in [5.41, 5.74) is 2.49. The number of benzene rings is 1. The van der Waals surface area contributed by atoms with Crippen molar-refractivity contribution in [3.05, 3.63) is 23.8 Å². The molecule has 0 aliphatic heterocycles. The molecule has 104 valence electrons. The number of methoxy groups -OCH3 is 2. The summed E-state index contributed by atoms with van der Waals surface area (Å²) in [4.78, 5) is 23.3. The number of hydrogen-bond donors (Lipinski definition) is 2. The van der Waals surface area contributed by atoms with E-state index >= 15 is 0 Å². The molecule has 1 aromatic rings. The molecule has 1 rings (SSSR count). The first-order chi connectivity index (χ1) is 9.03. The van der Waals surface area contributed by atoms with Crippen LogP contribution in [0, 0.1) is 5.92 Å². The van der Waals surface area contributed by atoms with Gasteiger partial charge >= 0.3 is 0 Å². The van der Waals surface area contributed by atoms with Crippen molar-refractivity contribution in [1.82, 2.24) is 5.43 Å². The molecule has 0 aliphatic rings. The van der Waals surface area contributed by atoms with Gasteiger partial charge in [-0.2, -0.15) is 0 Å². The van der Waals surface area contributed by atoms with E-state index in [1.165, 1.54) is 14.2 Å². The molecule has 6 nitrogen and oxygen atoms in total. The van der Waals surface area contributed by atoms with Gasteiger partial charge in [0.2, 0.25) is 5.91 Å². The minimum Gasteiger partial charge on any atom is -0.493 e. The first kappa shape index (κ1) is 15.0. The highest BCUT2D eigenvalue weighted by molar-refractivity contribution is 5.99.